The van der Waals surface area contributed by atoms with Crippen LogP contribution in [-0.4, -0.2) is 38.0 Å². The van der Waals surface area contributed by atoms with Crippen LogP contribution in [0.25, 0.3) is 22.2 Å². The molecule has 3 heterocycles. The SMILES string of the molecule is OCc1ccc(-c2cncc(C3CCCN(Cc4ccc5[nH]ccc5c4)C3)n2)cc1. The zero-order valence-electron chi connectivity index (χ0n) is 17.0. The lowest BCUT2D eigenvalue weighted by molar-refractivity contribution is 0.198. The third kappa shape index (κ3) is 3.99. The van der Waals surface area contributed by atoms with Gasteiger partial charge in [0.15, 0.2) is 0 Å². The molecular formula is C25H26N4O. The van der Waals surface area contributed by atoms with E-state index in [0.717, 1.165) is 48.6 Å². The van der Waals surface area contributed by atoms with E-state index in [-0.39, 0.29) is 6.61 Å². The summed E-state index contributed by atoms with van der Waals surface area (Å²) < 4.78 is 0. The molecule has 1 aliphatic rings. The van der Waals surface area contributed by atoms with Crippen molar-refractivity contribution < 1.29 is 5.11 Å². The normalized spacial score (nSPS) is 17.4. The fraction of sp³-hybridized carbons (Fsp3) is 0.280. The maximum absolute atomic E-state index is 9.25. The highest BCUT2D eigenvalue weighted by molar-refractivity contribution is 5.79. The first-order valence-electron chi connectivity index (χ1n) is 10.6. The highest BCUT2D eigenvalue weighted by Gasteiger charge is 2.23. The number of H-pyrrole nitrogens is 1. The summed E-state index contributed by atoms with van der Waals surface area (Å²) in [5.41, 5.74) is 6.45. The van der Waals surface area contributed by atoms with Crippen LogP contribution in [0.2, 0.25) is 0 Å². The van der Waals surface area contributed by atoms with Gasteiger partial charge in [0.05, 0.1) is 24.2 Å². The summed E-state index contributed by atoms with van der Waals surface area (Å²) >= 11 is 0. The van der Waals surface area contributed by atoms with Crippen molar-refractivity contribution in [3.63, 3.8) is 0 Å². The summed E-state index contributed by atoms with van der Waals surface area (Å²) in [7, 11) is 0. The van der Waals surface area contributed by atoms with E-state index in [1.54, 1.807) is 0 Å². The van der Waals surface area contributed by atoms with E-state index in [0.29, 0.717) is 5.92 Å². The van der Waals surface area contributed by atoms with Gasteiger partial charge in [0.2, 0.25) is 0 Å². The standard InChI is InChI=1S/C25H26N4O/c30-17-18-3-6-20(7-4-18)24-13-26-14-25(28-24)22-2-1-11-29(16-22)15-19-5-8-23-21(12-19)9-10-27-23/h3-10,12-14,22,27,30H,1-2,11,15-17H2. The predicted molar refractivity (Wildman–Crippen MR) is 119 cm³/mol. The summed E-state index contributed by atoms with van der Waals surface area (Å²) in [6, 6.07) is 16.7. The van der Waals surface area contributed by atoms with E-state index in [1.165, 1.54) is 22.9 Å². The van der Waals surface area contributed by atoms with E-state index in [9.17, 15) is 5.11 Å². The number of rotatable bonds is 5. The lowest BCUT2D eigenvalue weighted by Crippen LogP contribution is -2.34. The van der Waals surface area contributed by atoms with Crippen molar-refractivity contribution in [3.05, 3.63) is 83.9 Å². The van der Waals surface area contributed by atoms with E-state index in [2.05, 4.69) is 39.1 Å². The van der Waals surface area contributed by atoms with Crippen molar-refractivity contribution in [3.8, 4) is 11.3 Å². The van der Waals surface area contributed by atoms with Gasteiger partial charge in [-0.2, -0.15) is 0 Å². The Bertz CT molecular complexity index is 1140. The fourth-order valence-corrected chi connectivity index (χ4v) is 4.40. The molecule has 152 valence electrons. The molecule has 5 rings (SSSR count). The van der Waals surface area contributed by atoms with E-state index in [1.807, 2.05) is 42.9 Å². The second kappa shape index (κ2) is 8.38. The van der Waals surface area contributed by atoms with Gasteiger partial charge in [0.1, 0.15) is 0 Å². The zero-order chi connectivity index (χ0) is 20.3. The molecule has 1 fully saturated rings. The summed E-state index contributed by atoms with van der Waals surface area (Å²) in [5, 5.41) is 10.5. The molecule has 2 aromatic heterocycles. The first kappa shape index (κ1) is 19.0. The number of benzene rings is 2. The lowest BCUT2D eigenvalue weighted by Gasteiger charge is -2.32. The summed E-state index contributed by atoms with van der Waals surface area (Å²) in [6.45, 7) is 3.15. The Kier molecular flexibility index (Phi) is 5.30. The molecule has 2 N–H and O–H groups in total. The van der Waals surface area contributed by atoms with Crippen LogP contribution in [0, 0.1) is 0 Å². The molecule has 2 aromatic carbocycles. The molecule has 4 aromatic rings. The third-order valence-electron chi connectivity index (χ3n) is 6.03. The van der Waals surface area contributed by atoms with E-state index < -0.39 is 0 Å². The van der Waals surface area contributed by atoms with Crippen LogP contribution in [0.4, 0.5) is 0 Å². The highest BCUT2D eigenvalue weighted by Crippen LogP contribution is 2.28. The highest BCUT2D eigenvalue weighted by atomic mass is 16.3. The van der Waals surface area contributed by atoms with Crippen LogP contribution >= 0.6 is 0 Å². The Labute approximate surface area is 176 Å². The zero-order valence-corrected chi connectivity index (χ0v) is 17.0. The lowest BCUT2D eigenvalue weighted by atomic mass is 9.94. The van der Waals surface area contributed by atoms with Crippen molar-refractivity contribution >= 4 is 10.9 Å². The van der Waals surface area contributed by atoms with Gasteiger partial charge in [0, 0.05) is 42.5 Å². The molecule has 0 saturated carbocycles. The maximum atomic E-state index is 9.25. The Hall–Kier alpha value is -3.02. The van der Waals surface area contributed by atoms with Gasteiger partial charge in [-0.15, -0.1) is 0 Å². The maximum Gasteiger partial charge on any atom is 0.0888 e. The fourth-order valence-electron chi connectivity index (χ4n) is 4.40. The largest absolute Gasteiger partial charge is 0.392 e. The predicted octanol–water partition coefficient (Wildman–Crippen LogP) is 4.50. The average molecular weight is 399 g/mol. The van der Waals surface area contributed by atoms with Gasteiger partial charge in [-0.25, -0.2) is 4.98 Å². The monoisotopic (exact) mass is 398 g/mol. The molecule has 1 aliphatic heterocycles. The molecule has 1 unspecified atom stereocenters. The van der Waals surface area contributed by atoms with Crippen LogP contribution < -0.4 is 0 Å². The molecule has 0 spiro atoms. The number of likely N-dealkylation sites (tertiary alicyclic amines) is 1. The van der Waals surface area contributed by atoms with Crippen LogP contribution in [0.1, 0.15) is 35.6 Å². The molecule has 5 heteroatoms. The van der Waals surface area contributed by atoms with Gasteiger partial charge < -0.3 is 10.1 Å². The van der Waals surface area contributed by atoms with Crippen LogP contribution in [-0.2, 0) is 13.2 Å². The minimum absolute atomic E-state index is 0.0565. The van der Waals surface area contributed by atoms with E-state index >= 15 is 0 Å². The van der Waals surface area contributed by atoms with Crippen molar-refractivity contribution in [1.82, 2.24) is 19.9 Å². The molecule has 1 atom stereocenters. The summed E-state index contributed by atoms with van der Waals surface area (Å²) in [6.07, 6.45) is 8.06. The Morgan fingerprint density at radius 3 is 2.77 bits per heavy atom. The number of aromatic nitrogens is 3. The number of nitrogens with one attached hydrogen (secondary N) is 1. The first-order chi connectivity index (χ1) is 14.8. The average Bonchev–Trinajstić information content (AvgIpc) is 3.27. The van der Waals surface area contributed by atoms with Gasteiger partial charge >= 0.3 is 0 Å². The third-order valence-corrected chi connectivity index (χ3v) is 6.03. The van der Waals surface area contributed by atoms with Crippen molar-refractivity contribution in [2.45, 2.75) is 31.9 Å². The van der Waals surface area contributed by atoms with E-state index in [4.69, 9.17) is 4.98 Å². The molecule has 5 nitrogen and oxygen atoms in total. The van der Waals surface area contributed by atoms with Crippen molar-refractivity contribution in [2.24, 2.45) is 0 Å². The number of hydrogen-bond donors (Lipinski definition) is 2. The Balaban J connectivity index is 1.31. The number of aromatic amines is 1. The topological polar surface area (TPSA) is 65.0 Å². The second-order valence-corrected chi connectivity index (χ2v) is 8.16. The molecule has 0 bridgehead atoms. The van der Waals surface area contributed by atoms with Crippen LogP contribution in [0.5, 0.6) is 0 Å². The number of hydrogen-bond acceptors (Lipinski definition) is 4. The molecule has 1 saturated heterocycles. The number of aliphatic hydroxyl groups excluding tert-OH is 1. The molecule has 0 aliphatic carbocycles. The number of nitrogens with zero attached hydrogens (tertiary/aromatic N) is 3. The Morgan fingerprint density at radius 2 is 1.90 bits per heavy atom. The first-order valence-corrected chi connectivity index (χ1v) is 10.6. The van der Waals surface area contributed by atoms with Crippen molar-refractivity contribution in [1.29, 1.82) is 0 Å². The van der Waals surface area contributed by atoms with Gasteiger partial charge in [0.25, 0.3) is 0 Å². The molecular weight excluding hydrogens is 372 g/mol. The van der Waals surface area contributed by atoms with Gasteiger partial charge in [-0.05, 0) is 54.1 Å². The van der Waals surface area contributed by atoms with Gasteiger partial charge in [-0.1, -0.05) is 30.3 Å². The summed E-state index contributed by atoms with van der Waals surface area (Å²) in [4.78, 5) is 15.2. The summed E-state index contributed by atoms with van der Waals surface area (Å²) in [5.74, 6) is 0.402. The Morgan fingerprint density at radius 1 is 1.03 bits per heavy atom. The second-order valence-electron chi connectivity index (χ2n) is 8.16. The molecule has 0 radical (unpaired) electrons. The number of piperidine rings is 1. The number of aliphatic hydroxyl groups is 1. The minimum atomic E-state index is 0.0565. The minimum Gasteiger partial charge on any atom is -0.392 e. The van der Waals surface area contributed by atoms with Crippen molar-refractivity contribution in [2.75, 3.05) is 13.1 Å². The van der Waals surface area contributed by atoms with Crippen LogP contribution in [0.3, 0.4) is 0 Å². The van der Waals surface area contributed by atoms with Crippen LogP contribution in [0.15, 0.2) is 67.1 Å². The molecule has 30 heavy (non-hydrogen) atoms. The number of fused-ring (bicyclic) bond motifs is 1. The smallest absolute Gasteiger partial charge is 0.0888 e. The molecule has 0 amide bonds. The van der Waals surface area contributed by atoms with Gasteiger partial charge in [-0.3, -0.25) is 9.88 Å². The quantitative estimate of drug-likeness (QED) is 0.520.